The van der Waals surface area contributed by atoms with Crippen LogP contribution in [-0.4, -0.2) is 15.0 Å². The molecule has 0 amide bonds. The molecule has 2 heterocycles. The third kappa shape index (κ3) is 2.15. The van der Waals surface area contributed by atoms with Crippen molar-refractivity contribution in [2.75, 3.05) is 0 Å². The molecule has 0 N–H and O–H groups in total. The minimum atomic E-state index is -0.591. The minimum absolute atomic E-state index is 0.183. The maximum atomic E-state index is 13.4. The first-order valence-electron chi connectivity index (χ1n) is 5.71. The van der Waals surface area contributed by atoms with Crippen LogP contribution in [0.5, 0.6) is 0 Å². The Morgan fingerprint density at radius 1 is 1.00 bits per heavy atom. The van der Waals surface area contributed by atoms with Gasteiger partial charge < -0.3 is 0 Å². The molecule has 2 aromatic heterocycles. The number of aryl methyl sites for hydroxylation is 1. The van der Waals surface area contributed by atoms with Crippen LogP contribution in [0.25, 0.3) is 22.4 Å². The van der Waals surface area contributed by atoms with Crippen molar-refractivity contribution in [3.8, 4) is 11.5 Å². The molecule has 0 aliphatic rings. The number of halogens is 2. The summed E-state index contributed by atoms with van der Waals surface area (Å²) in [5.74, 6) is -0.263. The topological polar surface area (TPSA) is 38.7 Å². The Bertz CT molecular complexity index is 750. The van der Waals surface area contributed by atoms with Gasteiger partial charge in [0, 0.05) is 5.39 Å². The average Bonchev–Trinajstić information content (AvgIpc) is 2.43. The molecule has 0 atom stereocenters. The second-order valence-electron chi connectivity index (χ2n) is 4.13. The molecular weight excluding hydrogens is 265 g/mol. The Balaban J connectivity index is 2.19. The number of hydrogen-bond donors (Lipinski definition) is 0. The zero-order chi connectivity index (χ0) is 13.4. The third-order valence-electron chi connectivity index (χ3n) is 2.80. The van der Waals surface area contributed by atoms with Gasteiger partial charge in [-0.1, -0.05) is 35.9 Å². The van der Waals surface area contributed by atoms with Gasteiger partial charge in [0.1, 0.15) is 5.69 Å². The number of pyridine rings is 1. The molecule has 5 heteroatoms. The Labute approximate surface area is 114 Å². The van der Waals surface area contributed by atoms with Gasteiger partial charge in [0.15, 0.2) is 16.8 Å². The first-order valence-corrected chi connectivity index (χ1v) is 6.09. The van der Waals surface area contributed by atoms with Crippen LogP contribution < -0.4 is 0 Å². The highest BCUT2D eigenvalue weighted by Crippen LogP contribution is 2.21. The largest absolute Gasteiger partial charge is 0.244 e. The SMILES string of the molecule is Cc1nc(-c2ccc3ccccc3n2)nc(Cl)c1F. The molecule has 94 valence electrons. The van der Waals surface area contributed by atoms with Gasteiger partial charge in [-0.25, -0.2) is 19.3 Å². The van der Waals surface area contributed by atoms with Crippen LogP contribution in [0.1, 0.15) is 5.69 Å². The molecule has 0 saturated heterocycles. The molecule has 0 bridgehead atoms. The number of rotatable bonds is 1. The van der Waals surface area contributed by atoms with Crippen LogP contribution in [0.3, 0.4) is 0 Å². The van der Waals surface area contributed by atoms with Crippen molar-refractivity contribution in [2.45, 2.75) is 6.92 Å². The summed E-state index contributed by atoms with van der Waals surface area (Å²) >= 11 is 5.73. The van der Waals surface area contributed by atoms with Crippen LogP contribution in [0.2, 0.25) is 5.15 Å². The van der Waals surface area contributed by atoms with E-state index >= 15 is 0 Å². The molecule has 0 radical (unpaired) electrons. The maximum absolute atomic E-state index is 13.4. The highest BCUT2D eigenvalue weighted by Gasteiger charge is 2.12. The first kappa shape index (κ1) is 12.0. The number of benzene rings is 1. The summed E-state index contributed by atoms with van der Waals surface area (Å²) in [6.07, 6.45) is 0. The Morgan fingerprint density at radius 2 is 1.79 bits per heavy atom. The predicted molar refractivity (Wildman–Crippen MR) is 72.5 cm³/mol. The molecule has 0 spiro atoms. The zero-order valence-corrected chi connectivity index (χ0v) is 10.8. The molecule has 3 rings (SSSR count). The van der Waals surface area contributed by atoms with Gasteiger partial charge in [0.05, 0.1) is 11.2 Å². The fourth-order valence-electron chi connectivity index (χ4n) is 1.83. The number of para-hydroxylation sites is 1. The Kier molecular flexibility index (Phi) is 2.87. The van der Waals surface area contributed by atoms with Crippen LogP contribution in [0.15, 0.2) is 36.4 Å². The second kappa shape index (κ2) is 4.55. The van der Waals surface area contributed by atoms with Gasteiger partial charge >= 0.3 is 0 Å². The summed E-state index contributed by atoms with van der Waals surface area (Å²) < 4.78 is 13.4. The summed E-state index contributed by atoms with van der Waals surface area (Å²) in [4.78, 5) is 12.5. The van der Waals surface area contributed by atoms with Crippen LogP contribution in [0.4, 0.5) is 4.39 Å². The molecule has 0 aliphatic heterocycles. The lowest BCUT2D eigenvalue weighted by atomic mass is 10.2. The Hall–Kier alpha value is -2.07. The summed E-state index contributed by atoms with van der Waals surface area (Å²) in [6, 6.07) is 11.4. The molecular formula is C14H9ClFN3. The monoisotopic (exact) mass is 273 g/mol. The van der Waals surface area contributed by atoms with E-state index in [4.69, 9.17) is 11.6 Å². The molecule has 1 aromatic carbocycles. The molecule has 0 aliphatic carbocycles. The van der Waals surface area contributed by atoms with Crippen LogP contribution in [0, 0.1) is 12.7 Å². The zero-order valence-electron chi connectivity index (χ0n) is 10.1. The summed E-state index contributed by atoms with van der Waals surface area (Å²) in [5, 5.41) is 0.841. The number of aromatic nitrogens is 3. The number of nitrogens with zero attached hydrogens (tertiary/aromatic N) is 3. The quantitative estimate of drug-likeness (QED) is 0.633. The standard InChI is InChI=1S/C14H9ClFN3/c1-8-12(16)13(15)19-14(17-8)11-7-6-9-4-2-3-5-10(9)18-11/h2-7H,1H3. The fourth-order valence-corrected chi connectivity index (χ4v) is 2.05. The lowest BCUT2D eigenvalue weighted by Gasteiger charge is -2.04. The van der Waals surface area contributed by atoms with Gasteiger partial charge in [0.2, 0.25) is 0 Å². The summed E-state index contributed by atoms with van der Waals surface area (Å²) in [6.45, 7) is 1.55. The molecule has 0 unspecified atom stereocenters. The van der Waals surface area contributed by atoms with E-state index in [0.29, 0.717) is 11.5 Å². The fraction of sp³-hybridized carbons (Fsp3) is 0.0714. The van der Waals surface area contributed by atoms with E-state index in [9.17, 15) is 4.39 Å². The number of hydrogen-bond acceptors (Lipinski definition) is 3. The van der Waals surface area contributed by atoms with Crippen molar-refractivity contribution < 1.29 is 4.39 Å². The molecule has 3 aromatic rings. The van der Waals surface area contributed by atoms with Crippen molar-refractivity contribution in [2.24, 2.45) is 0 Å². The maximum Gasteiger partial charge on any atom is 0.181 e. The highest BCUT2D eigenvalue weighted by atomic mass is 35.5. The Morgan fingerprint density at radius 3 is 2.58 bits per heavy atom. The lowest BCUT2D eigenvalue weighted by Crippen LogP contribution is -1.98. The van der Waals surface area contributed by atoms with E-state index in [1.54, 1.807) is 13.0 Å². The van der Waals surface area contributed by atoms with E-state index in [1.165, 1.54) is 0 Å². The van der Waals surface area contributed by atoms with Gasteiger partial charge in [-0.05, 0) is 19.1 Å². The van der Waals surface area contributed by atoms with E-state index in [2.05, 4.69) is 15.0 Å². The highest BCUT2D eigenvalue weighted by molar-refractivity contribution is 6.29. The van der Waals surface area contributed by atoms with Crippen LogP contribution in [-0.2, 0) is 0 Å². The van der Waals surface area contributed by atoms with Gasteiger partial charge in [0.25, 0.3) is 0 Å². The van der Waals surface area contributed by atoms with Crippen molar-refractivity contribution in [1.29, 1.82) is 0 Å². The molecule has 0 saturated carbocycles. The minimum Gasteiger partial charge on any atom is -0.244 e. The smallest absolute Gasteiger partial charge is 0.181 e. The van der Waals surface area contributed by atoms with Gasteiger partial charge in [-0.3, -0.25) is 0 Å². The normalized spacial score (nSPS) is 10.9. The second-order valence-corrected chi connectivity index (χ2v) is 4.48. The molecule has 0 fully saturated rings. The van der Waals surface area contributed by atoms with E-state index < -0.39 is 5.82 Å². The van der Waals surface area contributed by atoms with E-state index in [0.717, 1.165) is 10.9 Å². The van der Waals surface area contributed by atoms with Crippen molar-refractivity contribution in [3.05, 3.63) is 53.1 Å². The van der Waals surface area contributed by atoms with Crippen molar-refractivity contribution in [1.82, 2.24) is 15.0 Å². The van der Waals surface area contributed by atoms with Crippen molar-refractivity contribution in [3.63, 3.8) is 0 Å². The third-order valence-corrected chi connectivity index (χ3v) is 3.05. The van der Waals surface area contributed by atoms with E-state index in [1.807, 2.05) is 30.3 Å². The molecule has 3 nitrogen and oxygen atoms in total. The van der Waals surface area contributed by atoms with E-state index in [-0.39, 0.29) is 10.8 Å². The average molecular weight is 274 g/mol. The van der Waals surface area contributed by atoms with Crippen LogP contribution >= 0.6 is 11.6 Å². The molecule has 19 heavy (non-hydrogen) atoms. The predicted octanol–water partition coefficient (Wildman–Crippen LogP) is 3.79. The van der Waals surface area contributed by atoms with Gasteiger partial charge in [-0.15, -0.1) is 0 Å². The summed E-state index contributed by atoms with van der Waals surface area (Å²) in [7, 11) is 0. The van der Waals surface area contributed by atoms with Crippen molar-refractivity contribution >= 4 is 22.5 Å². The summed E-state index contributed by atoms with van der Waals surface area (Å²) in [5.41, 5.74) is 1.62. The first-order chi connectivity index (χ1) is 9.15. The van der Waals surface area contributed by atoms with Gasteiger partial charge in [-0.2, -0.15) is 0 Å². The number of fused-ring (bicyclic) bond motifs is 1. The lowest BCUT2D eigenvalue weighted by molar-refractivity contribution is 0.603.